The SMILES string of the molecule is COC(=O)CN(c1c(C)cccc1C)S(=O)(=O)c1ccc(OC)c(C)c1. The van der Waals surface area contributed by atoms with Crippen LogP contribution in [0, 0.1) is 20.8 Å². The third-order valence-electron chi connectivity index (χ3n) is 4.14. The van der Waals surface area contributed by atoms with E-state index in [0.29, 0.717) is 17.0 Å². The summed E-state index contributed by atoms with van der Waals surface area (Å²) in [7, 11) is -1.22. The van der Waals surface area contributed by atoms with E-state index in [-0.39, 0.29) is 4.90 Å². The number of ether oxygens (including phenoxy) is 2. The Morgan fingerprint density at radius 3 is 2.12 bits per heavy atom. The first-order valence-electron chi connectivity index (χ1n) is 8.02. The standard InChI is InChI=1S/C19H23NO5S/c1-13-7-6-8-14(2)19(13)20(12-18(21)25-5)26(22,23)16-9-10-17(24-4)15(3)11-16/h6-11H,12H2,1-5H3. The van der Waals surface area contributed by atoms with Crippen LogP contribution in [0.4, 0.5) is 5.69 Å². The predicted octanol–water partition coefficient (Wildman–Crippen LogP) is 2.99. The minimum Gasteiger partial charge on any atom is -0.496 e. The van der Waals surface area contributed by atoms with E-state index in [1.54, 1.807) is 39.0 Å². The lowest BCUT2D eigenvalue weighted by atomic mass is 10.1. The molecule has 6 nitrogen and oxygen atoms in total. The maximum Gasteiger partial charge on any atom is 0.326 e. The first-order chi connectivity index (χ1) is 12.2. The van der Waals surface area contributed by atoms with Gasteiger partial charge in [0.25, 0.3) is 10.0 Å². The van der Waals surface area contributed by atoms with Crippen molar-refractivity contribution < 1.29 is 22.7 Å². The third-order valence-corrected chi connectivity index (χ3v) is 5.89. The number of nitrogens with zero attached hydrogens (tertiary/aromatic N) is 1. The molecule has 0 amide bonds. The second kappa shape index (κ2) is 7.78. The van der Waals surface area contributed by atoms with Crippen LogP contribution in [0.15, 0.2) is 41.3 Å². The smallest absolute Gasteiger partial charge is 0.326 e. The summed E-state index contributed by atoms with van der Waals surface area (Å²) < 4.78 is 37.6. The molecule has 0 fully saturated rings. The van der Waals surface area contributed by atoms with Crippen LogP contribution in [-0.4, -0.2) is 35.2 Å². The number of hydrogen-bond donors (Lipinski definition) is 0. The number of hydrogen-bond acceptors (Lipinski definition) is 5. The molecule has 2 aromatic rings. The summed E-state index contributed by atoms with van der Waals surface area (Å²) in [6, 6.07) is 10.1. The van der Waals surface area contributed by atoms with E-state index in [4.69, 9.17) is 9.47 Å². The lowest BCUT2D eigenvalue weighted by Gasteiger charge is -2.26. The molecule has 140 valence electrons. The fraction of sp³-hybridized carbons (Fsp3) is 0.316. The third kappa shape index (κ3) is 3.83. The summed E-state index contributed by atoms with van der Waals surface area (Å²) in [5, 5.41) is 0. The molecule has 26 heavy (non-hydrogen) atoms. The molecule has 2 rings (SSSR count). The van der Waals surface area contributed by atoms with Gasteiger partial charge in [-0.3, -0.25) is 9.10 Å². The Balaban J connectivity index is 2.64. The van der Waals surface area contributed by atoms with Gasteiger partial charge in [-0.15, -0.1) is 0 Å². The monoisotopic (exact) mass is 377 g/mol. The number of sulfonamides is 1. The van der Waals surface area contributed by atoms with Gasteiger partial charge in [0.15, 0.2) is 0 Å². The second-order valence-corrected chi connectivity index (χ2v) is 7.82. The van der Waals surface area contributed by atoms with Crippen molar-refractivity contribution in [3.8, 4) is 5.75 Å². The van der Waals surface area contributed by atoms with Gasteiger partial charge in [0.05, 0.1) is 24.8 Å². The van der Waals surface area contributed by atoms with Crippen LogP contribution in [0.2, 0.25) is 0 Å². The highest BCUT2D eigenvalue weighted by Crippen LogP contribution is 2.31. The molecule has 7 heteroatoms. The zero-order chi connectivity index (χ0) is 19.5. The van der Waals surface area contributed by atoms with E-state index >= 15 is 0 Å². The van der Waals surface area contributed by atoms with Crippen molar-refractivity contribution in [3.05, 3.63) is 53.1 Å². The molecule has 0 saturated carbocycles. The maximum absolute atomic E-state index is 13.3. The van der Waals surface area contributed by atoms with Crippen molar-refractivity contribution in [2.24, 2.45) is 0 Å². The molecule has 0 aliphatic heterocycles. The van der Waals surface area contributed by atoms with Crippen molar-refractivity contribution >= 4 is 21.7 Å². The van der Waals surface area contributed by atoms with Gasteiger partial charge in [0.2, 0.25) is 0 Å². The van der Waals surface area contributed by atoms with E-state index in [1.165, 1.54) is 26.4 Å². The Hall–Kier alpha value is -2.54. The summed E-state index contributed by atoms with van der Waals surface area (Å²) in [5.74, 6) is -0.0444. The van der Waals surface area contributed by atoms with Crippen molar-refractivity contribution in [1.82, 2.24) is 0 Å². The summed E-state index contributed by atoms with van der Waals surface area (Å²) in [4.78, 5) is 12.0. The van der Waals surface area contributed by atoms with Gasteiger partial charge in [0.1, 0.15) is 12.3 Å². The highest BCUT2D eigenvalue weighted by atomic mass is 32.2. The summed E-state index contributed by atoms with van der Waals surface area (Å²) in [6.07, 6.45) is 0. The molecule has 0 bridgehead atoms. The molecule has 0 spiro atoms. The molecule has 0 saturated heterocycles. The van der Waals surface area contributed by atoms with Crippen LogP contribution in [0.3, 0.4) is 0 Å². The molecule has 0 atom stereocenters. The molecule has 0 N–H and O–H groups in total. The molecule has 0 aliphatic carbocycles. The number of anilines is 1. The van der Waals surface area contributed by atoms with Gasteiger partial charge in [-0.25, -0.2) is 8.42 Å². The molecular formula is C19H23NO5S. The van der Waals surface area contributed by atoms with Gasteiger partial charge in [-0.05, 0) is 55.7 Å². The summed E-state index contributed by atoms with van der Waals surface area (Å²) in [6.45, 7) is 4.97. The molecular weight excluding hydrogens is 354 g/mol. The number of benzene rings is 2. The number of carbonyl (C=O) groups is 1. The second-order valence-electron chi connectivity index (χ2n) is 5.96. The quantitative estimate of drug-likeness (QED) is 0.724. The van der Waals surface area contributed by atoms with Crippen LogP contribution < -0.4 is 9.04 Å². The van der Waals surface area contributed by atoms with Crippen LogP contribution >= 0.6 is 0 Å². The van der Waals surface area contributed by atoms with Crippen LogP contribution in [0.5, 0.6) is 5.75 Å². The van der Waals surface area contributed by atoms with Crippen molar-refractivity contribution in [2.45, 2.75) is 25.7 Å². The molecule has 0 radical (unpaired) electrons. The summed E-state index contributed by atoms with van der Waals surface area (Å²) >= 11 is 0. The average molecular weight is 377 g/mol. The number of esters is 1. The Labute approximate surface area is 154 Å². The zero-order valence-electron chi connectivity index (χ0n) is 15.6. The van der Waals surface area contributed by atoms with Crippen LogP contribution in [-0.2, 0) is 19.6 Å². The first-order valence-corrected chi connectivity index (χ1v) is 9.46. The minimum atomic E-state index is -3.97. The van der Waals surface area contributed by atoms with Crippen molar-refractivity contribution in [3.63, 3.8) is 0 Å². The highest BCUT2D eigenvalue weighted by Gasteiger charge is 2.30. The highest BCUT2D eigenvalue weighted by molar-refractivity contribution is 7.92. The number of rotatable bonds is 6. The average Bonchev–Trinajstić information content (AvgIpc) is 2.60. The number of carbonyl (C=O) groups excluding carboxylic acids is 1. The van der Waals surface area contributed by atoms with E-state index in [1.807, 2.05) is 6.07 Å². The van der Waals surface area contributed by atoms with E-state index < -0.39 is 22.5 Å². The van der Waals surface area contributed by atoms with Gasteiger partial charge < -0.3 is 9.47 Å². The van der Waals surface area contributed by atoms with Gasteiger partial charge in [-0.2, -0.15) is 0 Å². The number of para-hydroxylation sites is 1. The fourth-order valence-corrected chi connectivity index (χ4v) is 4.43. The Morgan fingerprint density at radius 1 is 1.00 bits per heavy atom. The molecule has 0 heterocycles. The van der Waals surface area contributed by atoms with E-state index in [2.05, 4.69) is 0 Å². The molecule has 2 aromatic carbocycles. The Bertz CT molecular complexity index is 901. The number of aryl methyl sites for hydroxylation is 3. The van der Waals surface area contributed by atoms with Crippen LogP contribution in [0.1, 0.15) is 16.7 Å². The van der Waals surface area contributed by atoms with Crippen molar-refractivity contribution in [1.29, 1.82) is 0 Å². The van der Waals surface area contributed by atoms with Crippen molar-refractivity contribution in [2.75, 3.05) is 25.1 Å². The van der Waals surface area contributed by atoms with E-state index in [0.717, 1.165) is 15.4 Å². The number of methoxy groups -OCH3 is 2. The first kappa shape index (κ1) is 19.8. The Kier molecular flexibility index (Phi) is 5.92. The maximum atomic E-state index is 13.3. The molecule has 0 aromatic heterocycles. The molecule has 0 aliphatic rings. The minimum absolute atomic E-state index is 0.0855. The largest absolute Gasteiger partial charge is 0.496 e. The van der Waals surface area contributed by atoms with Crippen LogP contribution in [0.25, 0.3) is 0 Å². The van der Waals surface area contributed by atoms with E-state index in [9.17, 15) is 13.2 Å². The lowest BCUT2D eigenvalue weighted by molar-refractivity contribution is -0.138. The molecule has 0 unspecified atom stereocenters. The van der Waals surface area contributed by atoms with Gasteiger partial charge in [0, 0.05) is 0 Å². The normalized spacial score (nSPS) is 11.1. The Morgan fingerprint density at radius 2 is 1.62 bits per heavy atom. The van der Waals surface area contributed by atoms with Gasteiger partial charge in [-0.1, -0.05) is 18.2 Å². The summed E-state index contributed by atoms with van der Waals surface area (Å²) in [5.41, 5.74) is 2.67. The topological polar surface area (TPSA) is 72.9 Å². The zero-order valence-corrected chi connectivity index (χ0v) is 16.4. The van der Waals surface area contributed by atoms with Gasteiger partial charge >= 0.3 is 5.97 Å². The predicted molar refractivity (Wildman–Crippen MR) is 100 cm³/mol. The lowest BCUT2D eigenvalue weighted by Crippen LogP contribution is -2.37. The fourth-order valence-electron chi connectivity index (χ4n) is 2.80.